The minimum Gasteiger partial charge on any atom is -0.339 e. The molecule has 3 nitrogen and oxygen atoms in total. The lowest BCUT2D eigenvalue weighted by atomic mass is 9.99. The summed E-state index contributed by atoms with van der Waals surface area (Å²) in [4.78, 5) is 14.0. The van der Waals surface area contributed by atoms with Gasteiger partial charge in [-0.25, -0.2) is 0 Å². The van der Waals surface area contributed by atoms with Crippen molar-refractivity contribution in [3.63, 3.8) is 0 Å². The average molecular weight is 196 g/mol. The largest absolute Gasteiger partial charge is 0.339 e. The fourth-order valence-corrected chi connectivity index (χ4v) is 2.27. The molecule has 3 heteroatoms. The molecule has 14 heavy (non-hydrogen) atoms. The summed E-state index contributed by atoms with van der Waals surface area (Å²) in [6, 6.07) is 0. The van der Waals surface area contributed by atoms with Crippen LogP contribution in [0, 0.1) is 11.8 Å². The van der Waals surface area contributed by atoms with Gasteiger partial charge < -0.3 is 10.2 Å². The highest BCUT2D eigenvalue weighted by Gasteiger charge is 2.45. The molecular formula is C11H20N2O. The SMILES string of the molecule is CC1CC1C(=O)N(C)C1(C)CCNC1. The van der Waals surface area contributed by atoms with Gasteiger partial charge in [-0.2, -0.15) is 0 Å². The molecule has 3 atom stereocenters. The molecule has 3 unspecified atom stereocenters. The fraction of sp³-hybridized carbons (Fsp3) is 0.909. The number of likely N-dealkylation sites (N-methyl/N-ethyl adjacent to an activating group) is 1. The van der Waals surface area contributed by atoms with Crippen LogP contribution in [0.1, 0.15) is 26.7 Å². The molecule has 1 aliphatic heterocycles. The Balaban J connectivity index is 2.00. The Kier molecular flexibility index (Phi) is 2.30. The Morgan fingerprint density at radius 2 is 2.21 bits per heavy atom. The number of hydrogen-bond donors (Lipinski definition) is 1. The van der Waals surface area contributed by atoms with E-state index in [1.807, 2.05) is 11.9 Å². The van der Waals surface area contributed by atoms with Crippen molar-refractivity contribution in [2.45, 2.75) is 32.2 Å². The Morgan fingerprint density at radius 3 is 2.64 bits per heavy atom. The molecule has 0 aromatic carbocycles. The van der Waals surface area contributed by atoms with Gasteiger partial charge in [0.05, 0.1) is 5.54 Å². The first-order valence-corrected chi connectivity index (χ1v) is 5.53. The van der Waals surface area contributed by atoms with Crippen molar-refractivity contribution in [3.05, 3.63) is 0 Å². The van der Waals surface area contributed by atoms with Gasteiger partial charge in [0.25, 0.3) is 0 Å². The van der Waals surface area contributed by atoms with Crippen molar-refractivity contribution in [2.75, 3.05) is 20.1 Å². The number of carbonyl (C=O) groups is 1. The van der Waals surface area contributed by atoms with Gasteiger partial charge in [-0.15, -0.1) is 0 Å². The van der Waals surface area contributed by atoms with Crippen molar-refractivity contribution in [1.82, 2.24) is 10.2 Å². The van der Waals surface area contributed by atoms with E-state index in [4.69, 9.17) is 0 Å². The molecule has 1 saturated carbocycles. The highest BCUT2D eigenvalue weighted by Crippen LogP contribution is 2.40. The number of hydrogen-bond acceptors (Lipinski definition) is 2. The summed E-state index contributed by atoms with van der Waals surface area (Å²) in [5.41, 5.74) is 0.0550. The van der Waals surface area contributed by atoms with Gasteiger partial charge in [-0.05, 0) is 32.2 Å². The molecule has 1 amide bonds. The van der Waals surface area contributed by atoms with Crippen LogP contribution in [0.2, 0.25) is 0 Å². The van der Waals surface area contributed by atoms with E-state index in [-0.39, 0.29) is 5.54 Å². The van der Waals surface area contributed by atoms with Gasteiger partial charge in [0.1, 0.15) is 0 Å². The second-order valence-electron chi connectivity index (χ2n) is 5.14. The number of nitrogens with one attached hydrogen (secondary N) is 1. The molecule has 80 valence electrons. The third-order valence-corrected chi connectivity index (χ3v) is 3.91. The van der Waals surface area contributed by atoms with E-state index in [1.165, 1.54) is 0 Å². The molecule has 2 fully saturated rings. The molecule has 1 heterocycles. The third-order valence-electron chi connectivity index (χ3n) is 3.91. The Hall–Kier alpha value is -0.570. The molecule has 0 spiro atoms. The molecule has 0 aromatic heterocycles. The topological polar surface area (TPSA) is 32.3 Å². The van der Waals surface area contributed by atoms with E-state index in [0.717, 1.165) is 25.9 Å². The predicted molar refractivity (Wildman–Crippen MR) is 55.9 cm³/mol. The zero-order valence-corrected chi connectivity index (χ0v) is 9.34. The van der Waals surface area contributed by atoms with Crippen LogP contribution in [0.25, 0.3) is 0 Å². The molecule has 1 N–H and O–H groups in total. The minimum atomic E-state index is 0.0550. The highest BCUT2D eigenvalue weighted by molar-refractivity contribution is 5.82. The minimum absolute atomic E-state index is 0.0550. The number of amides is 1. The zero-order valence-electron chi connectivity index (χ0n) is 9.34. The second kappa shape index (κ2) is 3.23. The average Bonchev–Trinajstić information content (AvgIpc) is 2.71. The smallest absolute Gasteiger partial charge is 0.226 e. The third kappa shape index (κ3) is 1.54. The summed E-state index contributed by atoms with van der Waals surface area (Å²) in [7, 11) is 1.96. The quantitative estimate of drug-likeness (QED) is 0.710. The Morgan fingerprint density at radius 1 is 1.57 bits per heavy atom. The summed E-state index contributed by atoms with van der Waals surface area (Å²) in [5, 5.41) is 3.33. The zero-order chi connectivity index (χ0) is 10.3. The summed E-state index contributed by atoms with van der Waals surface area (Å²) in [6.07, 6.45) is 2.17. The number of nitrogens with zero attached hydrogens (tertiary/aromatic N) is 1. The maximum absolute atomic E-state index is 12.0. The van der Waals surface area contributed by atoms with Crippen LogP contribution >= 0.6 is 0 Å². The van der Waals surface area contributed by atoms with E-state index >= 15 is 0 Å². The molecule has 0 radical (unpaired) electrons. The van der Waals surface area contributed by atoms with Crippen molar-refractivity contribution < 1.29 is 4.79 Å². The standard InChI is InChI=1S/C11H20N2O/c1-8-6-9(8)10(14)13(3)11(2)4-5-12-7-11/h8-9,12H,4-7H2,1-3H3. The number of rotatable bonds is 2. The molecule has 0 aromatic rings. The van der Waals surface area contributed by atoms with Gasteiger partial charge in [0.15, 0.2) is 0 Å². The van der Waals surface area contributed by atoms with Crippen molar-refractivity contribution in [2.24, 2.45) is 11.8 Å². The maximum Gasteiger partial charge on any atom is 0.226 e. The maximum atomic E-state index is 12.0. The molecule has 1 saturated heterocycles. The Labute approximate surface area is 85.8 Å². The lowest BCUT2D eigenvalue weighted by Gasteiger charge is -2.35. The molecule has 1 aliphatic carbocycles. The molecule has 2 rings (SSSR count). The van der Waals surface area contributed by atoms with Gasteiger partial charge >= 0.3 is 0 Å². The van der Waals surface area contributed by atoms with Crippen molar-refractivity contribution >= 4 is 5.91 Å². The first-order valence-electron chi connectivity index (χ1n) is 5.53. The van der Waals surface area contributed by atoms with E-state index in [0.29, 0.717) is 17.7 Å². The second-order valence-corrected chi connectivity index (χ2v) is 5.14. The van der Waals surface area contributed by atoms with Crippen LogP contribution in [0.4, 0.5) is 0 Å². The van der Waals surface area contributed by atoms with E-state index < -0.39 is 0 Å². The van der Waals surface area contributed by atoms with Crippen molar-refractivity contribution in [1.29, 1.82) is 0 Å². The normalized spacial score (nSPS) is 41.1. The van der Waals surface area contributed by atoms with E-state index in [2.05, 4.69) is 19.2 Å². The van der Waals surface area contributed by atoms with Crippen LogP contribution in [0.5, 0.6) is 0 Å². The van der Waals surface area contributed by atoms with Crippen LogP contribution in [-0.2, 0) is 4.79 Å². The summed E-state index contributed by atoms with van der Waals surface area (Å²) in [6.45, 7) is 6.31. The lowest BCUT2D eigenvalue weighted by molar-refractivity contribution is -0.136. The van der Waals surface area contributed by atoms with E-state index in [9.17, 15) is 4.79 Å². The lowest BCUT2D eigenvalue weighted by Crippen LogP contribution is -2.49. The van der Waals surface area contributed by atoms with Crippen LogP contribution in [-0.4, -0.2) is 36.5 Å². The summed E-state index contributed by atoms with van der Waals surface area (Å²) >= 11 is 0. The van der Waals surface area contributed by atoms with Crippen LogP contribution < -0.4 is 5.32 Å². The van der Waals surface area contributed by atoms with Crippen LogP contribution in [0.15, 0.2) is 0 Å². The van der Waals surface area contributed by atoms with Crippen LogP contribution in [0.3, 0.4) is 0 Å². The molecule has 2 aliphatic rings. The van der Waals surface area contributed by atoms with Gasteiger partial charge in [0, 0.05) is 19.5 Å². The van der Waals surface area contributed by atoms with Crippen molar-refractivity contribution in [3.8, 4) is 0 Å². The first kappa shape index (κ1) is 9.97. The van der Waals surface area contributed by atoms with Gasteiger partial charge in [-0.3, -0.25) is 4.79 Å². The van der Waals surface area contributed by atoms with Gasteiger partial charge in [-0.1, -0.05) is 6.92 Å². The fourth-order valence-electron chi connectivity index (χ4n) is 2.27. The highest BCUT2D eigenvalue weighted by atomic mass is 16.2. The molecular weight excluding hydrogens is 176 g/mol. The number of carbonyl (C=O) groups excluding carboxylic acids is 1. The monoisotopic (exact) mass is 196 g/mol. The first-order chi connectivity index (χ1) is 6.54. The predicted octanol–water partition coefficient (Wildman–Crippen LogP) is 0.853. The summed E-state index contributed by atoms with van der Waals surface area (Å²) in [5.74, 6) is 1.28. The van der Waals surface area contributed by atoms with Gasteiger partial charge in [0.2, 0.25) is 5.91 Å². The molecule has 0 bridgehead atoms. The van der Waals surface area contributed by atoms with E-state index in [1.54, 1.807) is 0 Å². The Bertz CT molecular complexity index is 246. The summed E-state index contributed by atoms with van der Waals surface area (Å²) < 4.78 is 0.